The molecule has 25 heavy (non-hydrogen) atoms. The van der Waals surface area contributed by atoms with Gasteiger partial charge in [0, 0.05) is 6.42 Å². The zero-order valence-electron chi connectivity index (χ0n) is 14.9. The zero-order valence-corrected chi connectivity index (χ0v) is 15.8. The molecule has 0 rings (SSSR count). The van der Waals surface area contributed by atoms with Crippen LogP contribution in [0.3, 0.4) is 0 Å². The second-order valence-corrected chi connectivity index (χ2v) is 6.18. The molecule has 0 radical (unpaired) electrons. The molecule has 0 aromatic carbocycles. The van der Waals surface area contributed by atoms with E-state index in [0.717, 1.165) is 25.7 Å². The van der Waals surface area contributed by atoms with Crippen LogP contribution in [0.4, 0.5) is 0 Å². The second-order valence-electron chi connectivity index (χ2n) is 5.64. The summed E-state index contributed by atoms with van der Waals surface area (Å²) in [5.41, 5.74) is 0. The van der Waals surface area contributed by atoms with Crippen molar-refractivity contribution >= 4 is 63.5 Å². The molecule has 0 bridgehead atoms. The van der Waals surface area contributed by atoms with Gasteiger partial charge in [-0.15, -0.1) is 0 Å². The van der Waals surface area contributed by atoms with Crippen molar-refractivity contribution in [1.82, 2.24) is 0 Å². The Labute approximate surface area is 194 Å². The van der Waals surface area contributed by atoms with Crippen LogP contribution in [0.5, 0.6) is 0 Å². The van der Waals surface area contributed by atoms with Crippen LogP contribution in [0.1, 0.15) is 84.0 Å². The molecular weight excluding hydrogens is 464 g/mol. The van der Waals surface area contributed by atoms with Crippen molar-refractivity contribution in [3.05, 3.63) is 24.3 Å². The molecule has 0 amide bonds. The number of aliphatic carboxylic acids is 1. The molecule has 0 aliphatic heterocycles. The number of carboxylic acid groups (broad SMARTS) is 1. The van der Waals surface area contributed by atoms with Gasteiger partial charge in [0.1, 0.15) is 0 Å². The molecule has 0 saturated heterocycles. The molecule has 0 aliphatic carbocycles. The van der Waals surface area contributed by atoms with Crippen LogP contribution in [0.15, 0.2) is 24.3 Å². The minimum atomic E-state index is -2.62. The summed E-state index contributed by atoms with van der Waals surface area (Å²) >= 11 is 0. The summed E-state index contributed by atoms with van der Waals surface area (Å²) in [5, 5.41) is 8.50. The van der Waals surface area contributed by atoms with Crippen LogP contribution in [0.2, 0.25) is 0 Å². The minimum absolute atomic E-state index is 0. The van der Waals surface area contributed by atoms with E-state index in [4.69, 9.17) is 19.8 Å². The van der Waals surface area contributed by atoms with E-state index in [0.29, 0.717) is 6.42 Å². The number of hydrogen-bond donors (Lipinski definition) is 4. The second kappa shape index (κ2) is 27.1. The molecule has 0 aromatic rings. The van der Waals surface area contributed by atoms with Crippen molar-refractivity contribution in [2.75, 3.05) is 0 Å². The van der Waals surface area contributed by atoms with Crippen LogP contribution in [0.25, 0.3) is 0 Å². The normalized spacial score (nSPS) is 10.8. The summed E-state index contributed by atoms with van der Waals surface area (Å²) in [6.07, 6.45) is 22.3. The zero-order chi connectivity index (χ0) is 18.5. The van der Waals surface area contributed by atoms with Gasteiger partial charge in [-0.1, -0.05) is 63.3 Å². The molecule has 0 fully saturated rings. The first-order chi connectivity index (χ1) is 11.5. The Morgan fingerprint density at radius 3 is 1.72 bits per heavy atom. The molecule has 4 N–H and O–H groups in total. The maximum atomic E-state index is 10.3. The predicted octanol–water partition coefficient (Wildman–Crippen LogP) is 4.16. The Hall–Kier alpha value is 0.831. The summed E-state index contributed by atoms with van der Waals surface area (Å²) in [4.78, 5) is 32.0. The first-order valence-electron chi connectivity index (χ1n) is 8.89. The molecule has 146 valence electrons. The van der Waals surface area contributed by atoms with Crippen molar-refractivity contribution in [2.45, 2.75) is 84.0 Å². The third-order valence-electron chi connectivity index (χ3n) is 3.34. The van der Waals surface area contributed by atoms with Gasteiger partial charge in [-0.05, 0) is 38.5 Å². The van der Waals surface area contributed by atoms with E-state index in [2.05, 4.69) is 31.2 Å². The summed E-state index contributed by atoms with van der Waals surface area (Å²) in [6.45, 7) is 2.23. The summed E-state index contributed by atoms with van der Waals surface area (Å²) in [7, 11) is -2.62. The number of unbranched alkanes of at least 4 members (excludes halogenated alkanes) is 8. The van der Waals surface area contributed by atoms with Crippen molar-refractivity contribution < 1.29 is 24.6 Å². The molecule has 0 atom stereocenters. The molecule has 0 aromatic heterocycles. The van der Waals surface area contributed by atoms with Crippen molar-refractivity contribution in [3.8, 4) is 0 Å². The van der Waals surface area contributed by atoms with Crippen molar-refractivity contribution in [1.29, 1.82) is 0 Å². The molecule has 0 spiro atoms. The summed E-state index contributed by atoms with van der Waals surface area (Å²) in [5.74, 6) is -0.671. The van der Waals surface area contributed by atoms with Gasteiger partial charge in [0.15, 0.2) is 0 Å². The SMILES string of the molecule is CCCCC/C=C\C/C=C\CCCCCCCC(=O)O.OP(O)O.[BaH2]. The molecule has 0 heterocycles. The van der Waals surface area contributed by atoms with Gasteiger partial charge in [0.05, 0.1) is 0 Å². The van der Waals surface area contributed by atoms with Crippen LogP contribution in [0, 0.1) is 0 Å². The van der Waals surface area contributed by atoms with Gasteiger partial charge in [0.25, 0.3) is 0 Å². The average molecular weight is 502 g/mol. The topological polar surface area (TPSA) is 98.0 Å². The Balaban J connectivity index is -0.000000867. The van der Waals surface area contributed by atoms with Gasteiger partial charge >= 0.3 is 63.5 Å². The van der Waals surface area contributed by atoms with Gasteiger partial charge < -0.3 is 19.8 Å². The molecule has 7 heteroatoms. The molecular formula is C18H37BaO5P. The molecule has 0 unspecified atom stereocenters. The first kappa shape index (κ1) is 30.6. The number of carboxylic acids is 1. The standard InChI is InChI=1S/C18H32O2.Ba.H3O3P.2H/c1-2-3-4-5-6-7-8-9-10-11-12-13-14-15-16-17-18(19)20;;1-4(2)3;;/h6-7,9-10H,2-5,8,11-17H2,1H3,(H,19,20);;1-3H;;/b7-6-,10-9-;;;;. The van der Waals surface area contributed by atoms with Crippen LogP contribution in [-0.4, -0.2) is 74.6 Å². The fraction of sp³-hybridized carbons (Fsp3) is 0.722. The van der Waals surface area contributed by atoms with E-state index in [1.807, 2.05) is 0 Å². The van der Waals surface area contributed by atoms with E-state index in [1.54, 1.807) is 0 Å². The third-order valence-corrected chi connectivity index (χ3v) is 3.34. The summed E-state index contributed by atoms with van der Waals surface area (Å²) < 4.78 is 0. The monoisotopic (exact) mass is 502 g/mol. The van der Waals surface area contributed by atoms with E-state index < -0.39 is 14.6 Å². The first-order valence-corrected chi connectivity index (χ1v) is 10.1. The van der Waals surface area contributed by atoms with Gasteiger partial charge in [-0.25, -0.2) is 0 Å². The van der Waals surface area contributed by atoms with Gasteiger partial charge in [0.2, 0.25) is 0 Å². The van der Waals surface area contributed by atoms with Gasteiger partial charge in [-0.3, -0.25) is 4.79 Å². The fourth-order valence-electron chi connectivity index (χ4n) is 2.09. The Morgan fingerprint density at radius 2 is 1.24 bits per heavy atom. The van der Waals surface area contributed by atoms with E-state index in [1.165, 1.54) is 44.9 Å². The van der Waals surface area contributed by atoms with E-state index >= 15 is 0 Å². The predicted molar refractivity (Wildman–Crippen MR) is 109 cm³/mol. The average Bonchev–Trinajstić information content (AvgIpc) is 2.50. The number of hydrogen-bond acceptors (Lipinski definition) is 4. The molecule has 0 saturated carbocycles. The fourth-order valence-corrected chi connectivity index (χ4v) is 2.09. The van der Waals surface area contributed by atoms with Crippen molar-refractivity contribution in [2.24, 2.45) is 0 Å². The number of rotatable bonds is 14. The number of carbonyl (C=O) groups is 1. The van der Waals surface area contributed by atoms with Crippen LogP contribution < -0.4 is 0 Å². The Morgan fingerprint density at radius 1 is 0.800 bits per heavy atom. The Bertz CT molecular complexity index is 320. The van der Waals surface area contributed by atoms with E-state index in [-0.39, 0.29) is 48.9 Å². The molecule has 5 nitrogen and oxygen atoms in total. The van der Waals surface area contributed by atoms with E-state index in [9.17, 15) is 4.79 Å². The third kappa shape index (κ3) is 40.7. The summed E-state index contributed by atoms with van der Waals surface area (Å²) in [6, 6.07) is 0. The van der Waals surface area contributed by atoms with Crippen molar-refractivity contribution in [3.63, 3.8) is 0 Å². The van der Waals surface area contributed by atoms with Crippen LogP contribution in [-0.2, 0) is 4.79 Å². The van der Waals surface area contributed by atoms with Gasteiger partial charge in [-0.2, -0.15) is 0 Å². The Kier molecular flexibility index (Phi) is 33.1. The van der Waals surface area contributed by atoms with Crippen LogP contribution >= 0.6 is 8.60 Å². The molecule has 0 aliphatic rings. The quantitative estimate of drug-likeness (QED) is 0.124. The maximum absolute atomic E-state index is 10.3. The number of allylic oxidation sites excluding steroid dienone is 4.